The smallest absolute Gasteiger partial charge is 0.419 e. The molecular formula is C20H16N4O6S2. The Balaban J connectivity index is 1.43. The summed E-state index contributed by atoms with van der Waals surface area (Å²) in [5, 5.41) is 1.89. The molecule has 5 rings (SSSR count). The molecule has 1 aliphatic heterocycles. The second-order valence-corrected chi connectivity index (χ2v) is 9.66. The second kappa shape index (κ2) is 7.21. The normalized spacial score (nSPS) is 13.8. The Morgan fingerprint density at radius 2 is 1.94 bits per heavy atom. The van der Waals surface area contributed by atoms with Crippen molar-refractivity contribution >= 4 is 49.2 Å². The zero-order valence-electron chi connectivity index (χ0n) is 16.9. The molecule has 1 aliphatic rings. The van der Waals surface area contributed by atoms with E-state index in [4.69, 9.17) is 9.15 Å². The van der Waals surface area contributed by atoms with Crippen LogP contribution in [0.1, 0.15) is 0 Å². The van der Waals surface area contributed by atoms with Crippen LogP contribution in [0.2, 0.25) is 0 Å². The van der Waals surface area contributed by atoms with Crippen LogP contribution >= 0.6 is 11.3 Å². The van der Waals surface area contributed by atoms with Crippen molar-refractivity contribution in [2.24, 2.45) is 7.05 Å². The van der Waals surface area contributed by atoms with E-state index in [1.54, 1.807) is 30.6 Å². The maximum atomic E-state index is 12.8. The summed E-state index contributed by atoms with van der Waals surface area (Å²) >= 11 is 1.12. The Morgan fingerprint density at radius 3 is 2.75 bits per heavy atom. The lowest BCUT2D eigenvalue weighted by Gasteiger charge is -2.26. The third-order valence-corrected chi connectivity index (χ3v) is 7.36. The molecule has 0 atom stereocenters. The highest BCUT2D eigenvalue weighted by molar-refractivity contribution is 7.93. The number of benzene rings is 2. The predicted molar refractivity (Wildman–Crippen MR) is 119 cm³/mol. The molecule has 4 aromatic rings. The molecule has 0 unspecified atom stereocenters. The van der Waals surface area contributed by atoms with Crippen molar-refractivity contribution in [3.63, 3.8) is 0 Å². The minimum Gasteiger partial charge on any atom is -0.482 e. The van der Waals surface area contributed by atoms with Gasteiger partial charge in [-0.25, -0.2) is 18.2 Å². The summed E-state index contributed by atoms with van der Waals surface area (Å²) in [4.78, 5) is 29.4. The van der Waals surface area contributed by atoms with Crippen LogP contribution in [0.4, 0.5) is 10.8 Å². The number of hydrogen-bond acceptors (Lipinski definition) is 8. The lowest BCUT2D eigenvalue weighted by atomic mass is 10.1. The molecule has 0 saturated heterocycles. The molecule has 12 heteroatoms. The largest absolute Gasteiger partial charge is 0.482 e. The van der Waals surface area contributed by atoms with E-state index in [1.165, 1.54) is 34.7 Å². The van der Waals surface area contributed by atoms with Crippen LogP contribution < -0.4 is 20.1 Å². The van der Waals surface area contributed by atoms with Gasteiger partial charge in [-0.15, -0.1) is 11.3 Å². The first-order valence-corrected chi connectivity index (χ1v) is 11.7. The first-order valence-electron chi connectivity index (χ1n) is 9.35. The highest BCUT2D eigenvalue weighted by Gasteiger charge is 2.23. The number of ether oxygens (including phenoxy) is 1. The van der Waals surface area contributed by atoms with E-state index >= 15 is 0 Å². The molecule has 164 valence electrons. The number of aryl methyl sites for hydroxylation is 1. The standard InChI is InChI=1S/C20H16N4O6S2/c1-23-15-7-11(3-6-16(15)29-9-18(23)25)13-10-31-19(21-13)22-32(27,28)12-4-5-14-17(8-12)30-20(26)24(14)2/h3-8,10H,9H2,1-2H3,(H,21,22). The van der Waals surface area contributed by atoms with Gasteiger partial charge in [0, 0.05) is 31.1 Å². The molecule has 0 bridgehead atoms. The van der Waals surface area contributed by atoms with Crippen LogP contribution in [0.15, 0.2) is 55.9 Å². The predicted octanol–water partition coefficient (Wildman–Crippen LogP) is 2.41. The van der Waals surface area contributed by atoms with Crippen molar-refractivity contribution in [1.29, 1.82) is 0 Å². The average molecular weight is 473 g/mol. The number of nitrogens with one attached hydrogen (secondary N) is 1. The van der Waals surface area contributed by atoms with Crippen LogP contribution in [0.3, 0.4) is 0 Å². The summed E-state index contributed by atoms with van der Waals surface area (Å²) in [6.45, 7) is -0.0103. The van der Waals surface area contributed by atoms with Gasteiger partial charge in [0.15, 0.2) is 17.3 Å². The number of aromatic nitrogens is 2. The third kappa shape index (κ3) is 3.33. The molecule has 2 aromatic carbocycles. The minimum absolute atomic E-state index is 0.0103. The van der Waals surface area contributed by atoms with E-state index < -0.39 is 15.8 Å². The molecule has 0 spiro atoms. The number of sulfonamides is 1. The molecule has 3 heterocycles. The average Bonchev–Trinajstić information content (AvgIpc) is 3.34. The van der Waals surface area contributed by atoms with Gasteiger partial charge in [0.1, 0.15) is 5.75 Å². The Hall–Kier alpha value is -3.64. The van der Waals surface area contributed by atoms with Crippen LogP contribution in [0.25, 0.3) is 22.4 Å². The zero-order valence-corrected chi connectivity index (χ0v) is 18.5. The van der Waals surface area contributed by atoms with E-state index in [0.29, 0.717) is 28.2 Å². The number of carbonyl (C=O) groups is 1. The molecular weight excluding hydrogens is 456 g/mol. The van der Waals surface area contributed by atoms with Crippen molar-refractivity contribution in [1.82, 2.24) is 9.55 Å². The fourth-order valence-electron chi connectivity index (χ4n) is 3.34. The summed E-state index contributed by atoms with van der Waals surface area (Å²) in [5.74, 6) is -0.141. The number of anilines is 2. The van der Waals surface area contributed by atoms with Crippen molar-refractivity contribution in [3.8, 4) is 17.0 Å². The van der Waals surface area contributed by atoms with Crippen molar-refractivity contribution in [2.45, 2.75) is 4.90 Å². The molecule has 0 fully saturated rings. The summed E-state index contributed by atoms with van der Waals surface area (Å²) in [6.07, 6.45) is 0. The van der Waals surface area contributed by atoms with Gasteiger partial charge in [0.2, 0.25) is 0 Å². The summed E-state index contributed by atoms with van der Waals surface area (Å²) in [6, 6.07) is 9.51. The van der Waals surface area contributed by atoms with Gasteiger partial charge < -0.3 is 14.1 Å². The third-order valence-electron chi connectivity index (χ3n) is 5.14. The Bertz CT molecular complexity index is 1550. The molecule has 1 N–H and O–H groups in total. The molecule has 0 aliphatic carbocycles. The monoisotopic (exact) mass is 472 g/mol. The van der Waals surface area contributed by atoms with Crippen LogP contribution in [-0.4, -0.2) is 37.5 Å². The number of rotatable bonds is 4. The zero-order chi connectivity index (χ0) is 22.6. The maximum absolute atomic E-state index is 12.8. The SMILES string of the molecule is CN1C(=O)COc2ccc(-c3csc(NS(=O)(=O)c4ccc5c(c4)oc(=O)n5C)n3)cc21. The molecule has 0 saturated carbocycles. The van der Waals surface area contributed by atoms with Gasteiger partial charge in [-0.3, -0.25) is 14.1 Å². The van der Waals surface area contributed by atoms with Gasteiger partial charge in [0.05, 0.1) is 21.8 Å². The number of oxazole rings is 1. The molecule has 0 radical (unpaired) electrons. The lowest BCUT2D eigenvalue weighted by molar-refractivity contribution is -0.120. The molecule has 1 amide bonds. The van der Waals surface area contributed by atoms with Crippen molar-refractivity contribution in [3.05, 3.63) is 52.3 Å². The Kier molecular flexibility index (Phi) is 4.57. The molecule has 32 heavy (non-hydrogen) atoms. The number of carbonyl (C=O) groups excluding carboxylic acids is 1. The summed E-state index contributed by atoms with van der Waals surface area (Å²) < 4.78 is 39.9. The van der Waals surface area contributed by atoms with Gasteiger partial charge in [-0.1, -0.05) is 0 Å². The summed E-state index contributed by atoms with van der Waals surface area (Å²) in [7, 11) is -0.748. The Morgan fingerprint density at radius 1 is 1.12 bits per heavy atom. The van der Waals surface area contributed by atoms with E-state index in [9.17, 15) is 18.0 Å². The fourth-order valence-corrected chi connectivity index (χ4v) is 5.33. The van der Waals surface area contributed by atoms with E-state index in [0.717, 1.165) is 11.3 Å². The lowest BCUT2D eigenvalue weighted by Crippen LogP contribution is -2.35. The first-order chi connectivity index (χ1) is 15.2. The highest BCUT2D eigenvalue weighted by atomic mass is 32.2. The second-order valence-electron chi connectivity index (χ2n) is 7.12. The van der Waals surface area contributed by atoms with Crippen LogP contribution in [-0.2, 0) is 21.9 Å². The van der Waals surface area contributed by atoms with Gasteiger partial charge in [-0.2, -0.15) is 0 Å². The number of thiazole rings is 1. The first kappa shape index (κ1) is 20.3. The molecule has 2 aromatic heterocycles. The van der Waals surface area contributed by atoms with Gasteiger partial charge in [-0.05, 0) is 30.3 Å². The number of nitrogens with zero attached hydrogens (tertiary/aromatic N) is 3. The van der Waals surface area contributed by atoms with Crippen molar-refractivity contribution in [2.75, 3.05) is 23.3 Å². The van der Waals surface area contributed by atoms with E-state index in [-0.39, 0.29) is 28.1 Å². The van der Waals surface area contributed by atoms with Crippen LogP contribution in [0.5, 0.6) is 5.75 Å². The van der Waals surface area contributed by atoms with E-state index in [2.05, 4.69) is 9.71 Å². The van der Waals surface area contributed by atoms with Gasteiger partial charge >= 0.3 is 5.76 Å². The summed E-state index contributed by atoms with van der Waals surface area (Å²) in [5.41, 5.74) is 2.54. The topological polar surface area (TPSA) is 124 Å². The Labute approximate surface area is 185 Å². The molecule has 10 nitrogen and oxygen atoms in total. The number of likely N-dealkylation sites (N-methyl/N-ethyl adjacent to an activating group) is 1. The fraction of sp³-hybridized carbons (Fsp3) is 0.150. The van der Waals surface area contributed by atoms with Crippen molar-refractivity contribution < 1.29 is 22.4 Å². The number of hydrogen-bond donors (Lipinski definition) is 1. The maximum Gasteiger partial charge on any atom is 0.419 e. The number of fused-ring (bicyclic) bond motifs is 2. The van der Waals surface area contributed by atoms with E-state index in [1.807, 2.05) is 0 Å². The number of amides is 1. The minimum atomic E-state index is -3.95. The quantitative estimate of drug-likeness (QED) is 0.484. The van der Waals surface area contributed by atoms with Crippen LogP contribution in [0, 0.1) is 0 Å². The van der Waals surface area contributed by atoms with Gasteiger partial charge in [0.25, 0.3) is 15.9 Å². The highest BCUT2D eigenvalue weighted by Crippen LogP contribution is 2.36.